The summed E-state index contributed by atoms with van der Waals surface area (Å²) >= 11 is 1.39. The number of ether oxygens (including phenoxy) is 2. The van der Waals surface area contributed by atoms with Crippen molar-refractivity contribution in [2.24, 2.45) is 0 Å². The lowest BCUT2D eigenvalue weighted by atomic mass is 10.0. The number of carbonyl (C=O) groups is 3. The van der Waals surface area contributed by atoms with E-state index < -0.39 is 35.2 Å². The monoisotopic (exact) mass is 580 g/mol. The molecule has 0 bridgehead atoms. The number of thiazole rings is 1. The third-order valence-electron chi connectivity index (χ3n) is 5.65. The zero-order valence-corrected chi connectivity index (χ0v) is 25.3. The van der Waals surface area contributed by atoms with E-state index in [9.17, 15) is 14.4 Å². The Hall–Kier alpha value is -3.92. The zero-order chi connectivity index (χ0) is 30.0. The second-order valence-electron chi connectivity index (χ2n) is 11.8. The summed E-state index contributed by atoms with van der Waals surface area (Å²) in [4.78, 5) is 43.6. The number of nitrogens with zero attached hydrogens (tertiary/aromatic N) is 1. The third-order valence-corrected chi connectivity index (χ3v) is 6.28. The molecule has 0 aliphatic heterocycles. The minimum absolute atomic E-state index is 0.148. The maximum Gasteiger partial charge on any atom is 0.408 e. The number of rotatable bonds is 11. The van der Waals surface area contributed by atoms with Crippen LogP contribution in [0.3, 0.4) is 0 Å². The van der Waals surface area contributed by atoms with Gasteiger partial charge in [0, 0.05) is 23.8 Å². The molecular weight excluding hydrogens is 540 g/mol. The number of hydrogen-bond acceptors (Lipinski definition) is 7. The van der Waals surface area contributed by atoms with Crippen LogP contribution in [0, 0.1) is 0 Å². The Labute approximate surface area is 246 Å². The highest BCUT2D eigenvalue weighted by Crippen LogP contribution is 2.16. The summed E-state index contributed by atoms with van der Waals surface area (Å²) in [7, 11) is 0. The van der Waals surface area contributed by atoms with Gasteiger partial charge in [0.1, 0.15) is 30.0 Å². The molecule has 2 aromatic carbocycles. The van der Waals surface area contributed by atoms with Crippen LogP contribution >= 0.6 is 11.3 Å². The van der Waals surface area contributed by atoms with Gasteiger partial charge >= 0.3 is 6.09 Å². The Kier molecular flexibility index (Phi) is 10.9. The fourth-order valence-corrected chi connectivity index (χ4v) is 4.41. The quantitative estimate of drug-likeness (QED) is 0.300. The second-order valence-corrected chi connectivity index (χ2v) is 12.5. The smallest absolute Gasteiger partial charge is 0.408 e. The molecule has 3 N–H and O–H groups in total. The molecule has 1 aromatic heterocycles. The number of alkyl carbamates (subject to hydrolysis) is 1. The van der Waals surface area contributed by atoms with Crippen molar-refractivity contribution in [3.63, 3.8) is 0 Å². The highest BCUT2D eigenvalue weighted by molar-refractivity contribution is 7.07. The van der Waals surface area contributed by atoms with Gasteiger partial charge in [0.25, 0.3) is 0 Å². The van der Waals surface area contributed by atoms with Crippen LogP contribution in [0.1, 0.15) is 58.4 Å². The van der Waals surface area contributed by atoms with Gasteiger partial charge in [-0.3, -0.25) is 9.59 Å². The first-order valence-electron chi connectivity index (χ1n) is 13.5. The van der Waals surface area contributed by atoms with Crippen LogP contribution in [0.25, 0.3) is 0 Å². The minimum atomic E-state index is -0.995. The number of hydrogen-bond donors (Lipinski definition) is 3. The van der Waals surface area contributed by atoms with Gasteiger partial charge in [0.05, 0.1) is 11.2 Å². The van der Waals surface area contributed by atoms with E-state index >= 15 is 0 Å². The normalized spacial score (nSPS) is 13.0. The average molecular weight is 581 g/mol. The molecule has 0 saturated carbocycles. The summed E-state index contributed by atoms with van der Waals surface area (Å²) in [5, 5.41) is 10.3. The first-order valence-corrected chi connectivity index (χ1v) is 14.5. The van der Waals surface area contributed by atoms with E-state index in [-0.39, 0.29) is 18.7 Å². The van der Waals surface area contributed by atoms with Crippen LogP contribution in [0.2, 0.25) is 0 Å². The highest BCUT2D eigenvalue weighted by Gasteiger charge is 2.30. The fraction of sp³-hybridized carbons (Fsp3) is 0.419. The van der Waals surface area contributed by atoms with E-state index in [1.807, 2.05) is 80.7 Å². The Morgan fingerprint density at radius 1 is 0.829 bits per heavy atom. The second kappa shape index (κ2) is 14.1. The molecule has 3 aromatic rings. The van der Waals surface area contributed by atoms with Crippen molar-refractivity contribution in [1.29, 1.82) is 0 Å². The molecule has 10 heteroatoms. The topological polar surface area (TPSA) is 119 Å². The number of carbonyl (C=O) groups excluding carboxylic acids is 3. The fourth-order valence-electron chi connectivity index (χ4n) is 3.84. The largest absolute Gasteiger partial charge is 0.489 e. The van der Waals surface area contributed by atoms with Crippen molar-refractivity contribution in [1.82, 2.24) is 20.9 Å². The van der Waals surface area contributed by atoms with Crippen LogP contribution in [-0.2, 0) is 33.8 Å². The van der Waals surface area contributed by atoms with Crippen molar-refractivity contribution >= 4 is 29.2 Å². The van der Waals surface area contributed by atoms with Crippen molar-refractivity contribution in [3.8, 4) is 5.75 Å². The molecule has 0 aliphatic carbocycles. The predicted octanol–water partition coefficient (Wildman–Crippen LogP) is 4.80. The first kappa shape index (κ1) is 31.6. The average Bonchev–Trinajstić information content (AvgIpc) is 3.39. The molecule has 3 amide bonds. The molecule has 220 valence electrons. The van der Waals surface area contributed by atoms with Gasteiger partial charge < -0.3 is 25.4 Å². The number of nitrogens with one attached hydrogen (secondary N) is 3. The standard InChI is InChI=1S/C31H40N4O5S/c1-30(2,3)35-28(37)25(16-21-12-14-24(15-13-21)39-18-22-10-8-7-9-11-22)33-27(36)26(17-23-19-41-20-32-23)34-29(38)40-31(4,5)6/h7-15,19-20,25-26H,16-18H2,1-6H3,(H,33,36)(H,34,38)(H,35,37)/t25?,26-/m0/s1. The van der Waals surface area contributed by atoms with Gasteiger partial charge in [-0.05, 0) is 64.8 Å². The first-order chi connectivity index (χ1) is 19.3. The number of benzene rings is 2. The summed E-state index contributed by atoms with van der Waals surface area (Å²) < 4.78 is 11.2. The van der Waals surface area contributed by atoms with Gasteiger partial charge in [0.15, 0.2) is 0 Å². The number of amides is 3. The maximum atomic E-state index is 13.5. The summed E-state index contributed by atoms with van der Waals surface area (Å²) in [5.74, 6) is -0.150. The lowest BCUT2D eigenvalue weighted by molar-refractivity contribution is -0.130. The van der Waals surface area contributed by atoms with E-state index in [2.05, 4.69) is 20.9 Å². The van der Waals surface area contributed by atoms with Gasteiger partial charge in [-0.15, -0.1) is 11.3 Å². The molecule has 0 spiro atoms. The van der Waals surface area contributed by atoms with Gasteiger partial charge in [-0.25, -0.2) is 9.78 Å². The molecule has 9 nitrogen and oxygen atoms in total. The van der Waals surface area contributed by atoms with Gasteiger partial charge in [-0.2, -0.15) is 0 Å². The Morgan fingerprint density at radius 2 is 1.49 bits per heavy atom. The lowest BCUT2D eigenvalue weighted by Crippen LogP contribution is -2.57. The van der Waals surface area contributed by atoms with E-state index in [1.165, 1.54) is 11.3 Å². The molecule has 1 heterocycles. The van der Waals surface area contributed by atoms with E-state index in [0.29, 0.717) is 18.1 Å². The molecule has 3 rings (SSSR count). The van der Waals surface area contributed by atoms with Crippen molar-refractivity contribution < 1.29 is 23.9 Å². The molecule has 0 saturated heterocycles. The summed E-state index contributed by atoms with van der Waals surface area (Å²) in [5.41, 5.74) is 2.95. The van der Waals surface area contributed by atoms with Crippen LogP contribution in [0.5, 0.6) is 5.75 Å². The summed E-state index contributed by atoms with van der Waals surface area (Å²) in [6.45, 7) is 11.3. The minimum Gasteiger partial charge on any atom is -0.489 e. The zero-order valence-electron chi connectivity index (χ0n) is 24.5. The molecule has 0 aliphatic rings. The Bertz CT molecular complexity index is 1270. The van der Waals surface area contributed by atoms with Crippen molar-refractivity contribution in [3.05, 3.63) is 82.3 Å². The SMILES string of the molecule is CC(C)(C)NC(=O)C(Cc1ccc(OCc2ccccc2)cc1)NC(=O)[C@H](Cc1cscn1)NC(=O)OC(C)(C)C. The maximum absolute atomic E-state index is 13.5. The van der Waals surface area contributed by atoms with E-state index in [0.717, 1.165) is 11.1 Å². The van der Waals surface area contributed by atoms with E-state index in [4.69, 9.17) is 9.47 Å². The summed E-state index contributed by atoms with van der Waals surface area (Å²) in [6.07, 6.45) is -0.340. The molecule has 0 fully saturated rings. The van der Waals surface area contributed by atoms with Gasteiger partial charge in [-0.1, -0.05) is 42.5 Å². The van der Waals surface area contributed by atoms with Crippen LogP contribution < -0.4 is 20.7 Å². The lowest BCUT2D eigenvalue weighted by Gasteiger charge is -2.27. The molecule has 0 radical (unpaired) electrons. The highest BCUT2D eigenvalue weighted by atomic mass is 32.1. The molecular formula is C31H40N4O5S. The Balaban J connectivity index is 1.74. The molecule has 2 atom stereocenters. The van der Waals surface area contributed by atoms with Crippen LogP contribution in [0.4, 0.5) is 4.79 Å². The Morgan fingerprint density at radius 3 is 2.07 bits per heavy atom. The molecule has 1 unspecified atom stereocenters. The van der Waals surface area contributed by atoms with Crippen LogP contribution in [0.15, 0.2) is 65.5 Å². The van der Waals surface area contributed by atoms with Crippen LogP contribution in [-0.4, -0.2) is 46.1 Å². The van der Waals surface area contributed by atoms with Gasteiger partial charge in [0.2, 0.25) is 11.8 Å². The van der Waals surface area contributed by atoms with Crippen molar-refractivity contribution in [2.45, 2.75) is 84.2 Å². The molecule has 41 heavy (non-hydrogen) atoms. The summed E-state index contributed by atoms with van der Waals surface area (Å²) in [6, 6.07) is 15.4. The third kappa shape index (κ3) is 11.6. The number of aromatic nitrogens is 1. The predicted molar refractivity (Wildman–Crippen MR) is 160 cm³/mol. The van der Waals surface area contributed by atoms with Crippen molar-refractivity contribution in [2.75, 3.05) is 0 Å². The van der Waals surface area contributed by atoms with E-state index in [1.54, 1.807) is 26.3 Å².